The van der Waals surface area contributed by atoms with Crippen LogP contribution in [0.5, 0.6) is 0 Å². The van der Waals surface area contributed by atoms with Crippen molar-refractivity contribution in [3.05, 3.63) is 39.2 Å². The van der Waals surface area contributed by atoms with Crippen molar-refractivity contribution in [2.45, 2.75) is 13.5 Å². The summed E-state index contributed by atoms with van der Waals surface area (Å²) in [5.41, 5.74) is 10.0. The Balaban J connectivity index is 2.19. The lowest BCUT2D eigenvalue weighted by Gasteiger charge is -1.95. The van der Waals surface area contributed by atoms with Gasteiger partial charge in [-0.25, -0.2) is 4.98 Å². The first-order chi connectivity index (χ1) is 8.69. The van der Waals surface area contributed by atoms with E-state index in [0.29, 0.717) is 6.54 Å². The van der Waals surface area contributed by atoms with Crippen molar-refractivity contribution in [1.82, 2.24) is 9.97 Å². The molecule has 2 heterocycles. The molecule has 3 nitrogen and oxygen atoms in total. The fourth-order valence-electron chi connectivity index (χ4n) is 1.95. The summed E-state index contributed by atoms with van der Waals surface area (Å²) in [6.07, 6.45) is 0. The summed E-state index contributed by atoms with van der Waals surface area (Å²) in [5.74, 6) is 0.907. The fraction of sp³-hybridized carbons (Fsp3) is 0.154. The summed E-state index contributed by atoms with van der Waals surface area (Å²) in [4.78, 5) is 9.15. The van der Waals surface area contributed by atoms with Gasteiger partial charge in [0.1, 0.15) is 5.82 Å². The van der Waals surface area contributed by atoms with Gasteiger partial charge < -0.3 is 10.7 Å². The number of H-pyrrole nitrogens is 1. The Bertz CT molecular complexity index is 695. The molecule has 0 radical (unpaired) electrons. The lowest BCUT2D eigenvalue weighted by Crippen LogP contribution is -1.96. The maximum Gasteiger partial charge on any atom is 0.148 e. The topological polar surface area (TPSA) is 54.7 Å². The number of hydrogen-bond donors (Lipinski definition) is 2. The van der Waals surface area contributed by atoms with Gasteiger partial charge in [0.25, 0.3) is 0 Å². The van der Waals surface area contributed by atoms with Crippen LogP contribution in [0, 0.1) is 6.92 Å². The zero-order chi connectivity index (χ0) is 12.7. The van der Waals surface area contributed by atoms with Crippen molar-refractivity contribution in [3.63, 3.8) is 0 Å². The number of hydrogen-bond acceptors (Lipinski definition) is 3. The van der Waals surface area contributed by atoms with E-state index in [1.807, 2.05) is 18.2 Å². The second kappa shape index (κ2) is 4.50. The van der Waals surface area contributed by atoms with E-state index in [0.717, 1.165) is 31.1 Å². The Morgan fingerprint density at radius 1 is 1.44 bits per heavy atom. The number of rotatable bonds is 2. The van der Waals surface area contributed by atoms with Crippen LogP contribution in [-0.2, 0) is 6.54 Å². The number of aromatic amines is 1. The second-order valence-corrected chi connectivity index (χ2v) is 6.54. The highest BCUT2D eigenvalue weighted by Crippen LogP contribution is 2.34. The molecule has 0 aliphatic heterocycles. The van der Waals surface area contributed by atoms with Crippen LogP contribution in [0.1, 0.15) is 11.1 Å². The minimum absolute atomic E-state index is 0.509. The molecule has 3 aromatic rings. The quantitative estimate of drug-likeness (QED) is 0.753. The first-order valence-electron chi connectivity index (χ1n) is 5.63. The third-order valence-electron chi connectivity index (χ3n) is 2.91. The van der Waals surface area contributed by atoms with E-state index < -0.39 is 0 Å². The Kier molecular flexibility index (Phi) is 2.97. The van der Waals surface area contributed by atoms with E-state index in [1.165, 1.54) is 5.56 Å². The summed E-state index contributed by atoms with van der Waals surface area (Å²) < 4.78 is 1.15. The van der Waals surface area contributed by atoms with Crippen molar-refractivity contribution in [2.24, 2.45) is 5.73 Å². The number of thiophene rings is 1. The summed E-state index contributed by atoms with van der Waals surface area (Å²) >= 11 is 5.23. The number of nitrogens with zero attached hydrogens (tertiary/aromatic N) is 1. The molecule has 3 N–H and O–H groups in total. The van der Waals surface area contributed by atoms with Crippen LogP contribution in [0.3, 0.4) is 0 Å². The summed E-state index contributed by atoms with van der Waals surface area (Å²) in [7, 11) is 0. The third kappa shape index (κ3) is 1.88. The molecular weight excluding hydrogens is 310 g/mol. The fourth-order valence-corrected chi connectivity index (χ4v) is 3.43. The molecule has 0 bridgehead atoms. The lowest BCUT2D eigenvalue weighted by molar-refractivity contribution is 1.08. The first-order valence-corrected chi connectivity index (χ1v) is 7.24. The summed E-state index contributed by atoms with van der Waals surface area (Å²) in [6, 6.07) is 8.18. The second-order valence-electron chi connectivity index (χ2n) is 4.17. The largest absolute Gasteiger partial charge is 0.337 e. The molecule has 0 spiro atoms. The molecule has 0 amide bonds. The number of benzene rings is 1. The van der Waals surface area contributed by atoms with Crippen LogP contribution < -0.4 is 5.73 Å². The predicted molar refractivity (Wildman–Crippen MR) is 79.7 cm³/mol. The molecule has 18 heavy (non-hydrogen) atoms. The maximum absolute atomic E-state index is 5.73. The highest BCUT2D eigenvalue weighted by atomic mass is 79.9. The maximum atomic E-state index is 5.73. The molecule has 0 aliphatic rings. The lowest BCUT2D eigenvalue weighted by atomic mass is 10.2. The Morgan fingerprint density at radius 3 is 2.94 bits per heavy atom. The SMILES string of the molecule is Cc1cc(-c2nc3c(CN)cccc3[nH]2)sc1Br. The van der Waals surface area contributed by atoms with Crippen molar-refractivity contribution >= 4 is 38.3 Å². The molecule has 0 saturated carbocycles. The molecule has 0 atom stereocenters. The van der Waals surface area contributed by atoms with Gasteiger partial charge in [-0.1, -0.05) is 12.1 Å². The molecule has 1 aromatic carbocycles. The summed E-state index contributed by atoms with van der Waals surface area (Å²) in [6.45, 7) is 2.59. The Labute approximate surface area is 117 Å². The van der Waals surface area contributed by atoms with Crippen LogP contribution in [0.25, 0.3) is 21.7 Å². The number of aryl methyl sites for hydroxylation is 1. The molecule has 0 unspecified atom stereocenters. The van der Waals surface area contributed by atoms with Crippen molar-refractivity contribution in [1.29, 1.82) is 0 Å². The van der Waals surface area contributed by atoms with Crippen LogP contribution in [-0.4, -0.2) is 9.97 Å². The number of imidazole rings is 1. The molecule has 3 rings (SSSR count). The van der Waals surface area contributed by atoms with Gasteiger partial charge in [0.2, 0.25) is 0 Å². The van der Waals surface area contributed by atoms with Crippen LogP contribution in [0.4, 0.5) is 0 Å². The normalized spacial score (nSPS) is 11.3. The number of fused-ring (bicyclic) bond motifs is 1. The minimum atomic E-state index is 0.509. The molecule has 0 aliphatic carbocycles. The molecule has 2 aromatic heterocycles. The Hall–Kier alpha value is -1.17. The van der Waals surface area contributed by atoms with Gasteiger partial charge in [-0.3, -0.25) is 0 Å². The summed E-state index contributed by atoms with van der Waals surface area (Å²) in [5, 5.41) is 0. The standard InChI is InChI=1S/C13H12BrN3S/c1-7-5-10(18-12(7)14)13-16-9-4-2-3-8(6-15)11(9)17-13/h2-5H,6,15H2,1H3,(H,16,17). The van der Waals surface area contributed by atoms with Gasteiger partial charge in [0, 0.05) is 6.54 Å². The van der Waals surface area contributed by atoms with E-state index in [9.17, 15) is 0 Å². The Morgan fingerprint density at radius 2 is 2.28 bits per heavy atom. The first kappa shape index (κ1) is 11.9. The molecule has 92 valence electrons. The van der Waals surface area contributed by atoms with Gasteiger partial charge in [-0.2, -0.15) is 0 Å². The van der Waals surface area contributed by atoms with E-state index in [4.69, 9.17) is 5.73 Å². The highest BCUT2D eigenvalue weighted by molar-refractivity contribution is 9.11. The third-order valence-corrected chi connectivity index (χ3v) is 5.05. The predicted octanol–water partition coefficient (Wildman–Crippen LogP) is 3.82. The smallest absolute Gasteiger partial charge is 0.148 e. The zero-order valence-corrected chi connectivity index (χ0v) is 12.2. The van der Waals surface area contributed by atoms with Gasteiger partial charge >= 0.3 is 0 Å². The van der Waals surface area contributed by atoms with Crippen LogP contribution >= 0.6 is 27.3 Å². The number of halogens is 1. The van der Waals surface area contributed by atoms with Crippen LogP contribution in [0.15, 0.2) is 28.1 Å². The average Bonchev–Trinajstić information content (AvgIpc) is 2.93. The van der Waals surface area contributed by atoms with Gasteiger partial charge in [-0.15, -0.1) is 11.3 Å². The van der Waals surface area contributed by atoms with Crippen molar-refractivity contribution < 1.29 is 0 Å². The van der Waals surface area contributed by atoms with Gasteiger partial charge in [-0.05, 0) is 46.1 Å². The molecular formula is C13H12BrN3S. The van der Waals surface area contributed by atoms with E-state index >= 15 is 0 Å². The van der Waals surface area contributed by atoms with E-state index in [2.05, 4.69) is 38.9 Å². The van der Waals surface area contributed by atoms with Gasteiger partial charge in [0.15, 0.2) is 0 Å². The zero-order valence-electron chi connectivity index (χ0n) is 9.83. The van der Waals surface area contributed by atoms with E-state index in [1.54, 1.807) is 11.3 Å². The van der Waals surface area contributed by atoms with Crippen molar-refractivity contribution in [2.75, 3.05) is 0 Å². The number of nitrogens with one attached hydrogen (secondary N) is 1. The number of aromatic nitrogens is 2. The molecule has 5 heteroatoms. The van der Waals surface area contributed by atoms with Crippen molar-refractivity contribution in [3.8, 4) is 10.7 Å². The minimum Gasteiger partial charge on any atom is -0.337 e. The number of nitrogens with two attached hydrogens (primary N) is 1. The number of para-hydroxylation sites is 1. The monoisotopic (exact) mass is 321 g/mol. The molecule has 0 saturated heterocycles. The average molecular weight is 322 g/mol. The highest BCUT2D eigenvalue weighted by Gasteiger charge is 2.11. The van der Waals surface area contributed by atoms with E-state index in [-0.39, 0.29) is 0 Å². The van der Waals surface area contributed by atoms with Crippen LogP contribution in [0.2, 0.25) is 0 Å². The molecule has 0 fully saturated rings. The van der Waals surface area contributed by atoms with Gasteiger partial charge in [0.05, 0.1) is 19.7 Å².